The van der Waals surface area contributed by atoms with Crippen LogP contribution >= 0.6 is 0 Å². The van der Waals surface area contributed by atoms with Crippen LogP contribution in [0.15, 0.2) is 60.7 Å². The number of benzene rings is 2. The first-order valence-corrected chi connectivity index (χ1v) is 11.9. The molecule has 0 N–H and O–H groups in total. The summed E-state index contributed by atoms with van der Waals surface area (Å²) in [5.41, 5.74) is 5.31. The number of carbonyl (C=O) groups excluding carboxylic acids is 2. The number of hydrogen-bond donors (Lipinski definition) is 0. The molecule has 0 aliphatic carbocycles. The average molecular weight is 524 g/mol. The Hall–Kier alpha value is -5.23. The summed E-state index contributed by atoms with van der Waals surface area (Å²) >= 11 is 0. The standard InChI is InChI=1S/C30H25N3O6/c1-19-22(17-38-27-12-10-20(15-34)29(32-27)36-2)6-4-8-24(19)25-9-5-7-23(26(25)14-31)18-39-28-13-11-21(16-35)30(33-28)37-3/h4-13,15-16H,17-18H2,1-3H3. The molecule has 4 aromatic rings. The van der Waals surface area contributed by atoms with Gasteiger partial charge in [0, 0.05) is 23.3 Å². The highest BCUT2D eigenvalue weighted by molar-refractivity contribution is 5.79. The number of aldehydes is 2. The summed E-state index contributed by atoms with van der Waals surface area (Å²) in [4.78, 5) is 30.7. The number of ether oxygens (including phenoxy) is 4. The van der Waals surface area contributed by atoms with Crippen LogP contribution in [-0.2, 0) is 13.2 Å². The van der Waals surface area contributed by atoms with Crippen LogP contribution in [-0.4, -0.2) is 36.8 Å². The van der Waals surface area contributed by atoms with Crippen molar-refractivity contribution in [1.82, 2.24) is 9.97 Å². The van der Waals surface area contributed by atoms with E-state index in [2.05, 4.69) is 16.0 Å². The number of hydrogen-bond acceptors (Lipinski definition) is 9. The smallest absolute Gasteiger partial charge is 0.227 e. The first-order chi connectivity index (χ1) is 19.0. The fourth-order valence-corrected chi connectivity index (χ4v) is 4.05. The zero-order valence-corrected chi connectivity index (χ0v) is 21.6. The monoisotopic (exact) mass is 523 g/mol. The van der Waals surface area contributed by atoms with Crippen molar-refractivity contribution in [3.05, 3.63) is 94.0 Å². The van der Waals surface area contributed by atoms with Crippen LogP contribution in [0.1, 0.15) is 43.0 Å². The van der Waals surface area contributed by atoms with E-state index in [0.717, 1.165) is 22.3 Å². The maximum Gasteiger partial charge on any atom is 0.227 e. The Bertz CT molecular complexity index is 1560. The molecule has 0 saturated heterocycles. The van der Waals surface area contributed by atoms with E-state index in [9.17, 15) is 14.9 Å². The highest BCUT2D eigenvalue weighted by atomic mass is 16.5. The molecule has 39 heavy (non-hydrogen) atoms. The molecule has 0 aliphatic heterocycles. The molecule has 0 spiro atoms. The van der Waals surface area contributed by atoms with Crippen LogP contribution in [0.2, 0.25) is 0 Å². The van der Waals surface area contributed by atoms with E-state index in [1.807, 2.05) is 43.3 Å². The summed E-state index contributed by atoms with van der Waals surface area (Å²) in [5, 5.41) is 10.1. The van der Waals surface area contributed by atoms with Crippen LogP contribution in [0.4, 0.5) is 0 Å². The normalized spacial score (nSPS) is 10.3. The summed E-state index contributed by atoms with van der Waals surface area (Å²) in [6.45, 7) is 2.29. The Morgan fingerprint density at radius 3 is 1.77 bits per heavy atom. The van der Waals surface area contributed by atoms with Gasteiger partial charge in [0.25, 0.3) is 0 Å². The second kappa shape index (κ2) is 12.3. The van der Waals surface area contributed by atoms with Gasteiger partial charge in [-0.05, 0) is 35.7 Å². The summed E-state index contributed by atoms with van der Waals surface area (Å²) in [6, 6.07) is 20.0. The Morgan fingerprint density at radius 1 is 0.744 bits per heavy atom. The zero-order chi connectivity index (χ0) is 27.8. The van der Waals surface area contributed by atoms with Gasteiger partial charge in [-0.25, -0.2) is 0 Å². The molecule has 0 aliphatic rings. The molecule has 0 saturated carbocycles. The van der Waals surface area contributed by atoms with Crippen molar-refractivity contribution in [2.24, 2.45) is 0 Å². The van der Waals surface area contributed by atoms with Gasteiger partial charge in [-0.15, -0.1) is 0 Å². The average Bonchev–Trinajstić information content (AvgIpc) is 2.98. The van der Waals surface area contributed by atoms with Gasteiger partial charge in [-0.3, -0.25) is 9.59 Å². The van der Waals surface area contributed by atoms with Gasteiger partial charge in [0.15, 0.2) is 12.6 Å². The minimum atomic E-state index is 0.0967. The third kappa shape index (κ3) is 5.86. The van der Waals surface area contributed by atoms with Crippen LogP contribution < -0.4 is 18.9 Å². The van der Waals surface area contributed by atoms with Gasteiger partial charge in [0.05, 0.1) is 30.9 Å². The molecule has 0 amide bonds. The van der Waals surface area contributed by atoms with Gasteiger partial charge in [0.2, 0.25) is 23.5 Å². The molecule has 196 valence electrons. The van der Waals surface area contributed by atoms with Crippen molar-refractivity contribution in [3.8, 4) is 40.7 Å². The van der Waals surface area contributed by atoms with Crippen LogP contribution in [0.5, 0.6) is 23.5 Å². The zero-order valence-electron chi connectivity index (χ0n) is 21.6. The quantitative estimate of drug-likeness (QED) is 0.247. The molecule has 2 heterocycles. The Morgan fingerprint density at radius 2 is 1.26 bits per heavy atom. The third-order valence-corrected chi connectivity index (χ3v) is 6.12. The lowest BCUT2D eigenvalue weighted by atomic mass is 9.91. The first-order valence-electron chi connectivity index (χ1n) is 11.9. The van der Waals surface area contributed by atoms with Crippen LogP contribution in [0.25, 0.3) is 11.1 Å². The van der Waals surface area contributed by atoms with Crippen molar-refractivity contribution in [2.45, 2.75) is 20.1 Å². The fourth-order valence-electron chi connectivity index (χ4n) is 4.05. The van der Waals surface area contributed by atoms with Crippen molar-refractivity contribution in [2.75, 3.05) is 14.2 Å². The maximum absolute atomic E-state index is 11.1. The van der Waals surface area contributed by atoms with Crippen molar-refractivity contribution in [1.29, 1.82) is 5.26 Å². The number of methoxy groups -OCH3 is 2. The van der Waals surface area contributed by atoms with Crippen LogP contribution in [0, 0.1) is 18.3 Å². The van der Waals surface area contributed by atoms with Gasteiger partial charge in [0.1, 0.15) is 19.3 Å². The highest BCUT2D eigenvalue weighted by Gasteiger charge is 2.15. The van der Waals surface area contributed by atoms with E-state index in [0.29, 0.717) is 40.7 Å². The minimum Gasteiger partial charge on any atom is -0.480 e. The van der Waals surface area contributed by atoms with E-state index < -0.39 is 0 Å². The lowest BCUT2D eigenvalue weighted by Crippen LogP contribution is -2.04. The summed E-state index contributed by atoms with van der Waals surface area (Å²) in [7, 11) is 2.87. The third-order valence-electron chi connectivity index (χ3n) is 6.12. The van der Waals surface area contributed by atoms with Crippen molar-refractivity contribution in [3.63, 3.8) is 0 Å². The number of nitriles is 1. The molecule has 0 unspecified atom stereocenters. The van der Waals surface area contributed by atoms with E-state index in [-0.39, 0.29) is 30.9 Å². The molecule has 0 bridgehead atoms. The highest BCUT2D eigenvalue weighted by Crippen LogP contribution is 2.31. The first kappa shape index (κ1) is 26.8. The lowest BCUT2D eigenvalue weighted by Gasteiger charge is -2.16. The Labute approximate surface area is 225 Å². The molecule has 9 heteroatoms. The van der Waals surface area contributed by atoms with E-state index >= 15 is 0 Å². The predicted molar refractivity (Wildman–Crippen MR) is 142 cm³/mol. The van der Waals surface area contributed by atoms with Gasteiger partial charge >= 0.3 is 0 Å². The van der Waals surface area contributed by atoms with E-state index in [4.69, 9.17) is 18.9 Å². The summed E-state index contributed by atoms with van der Waals surface area (Å²) in [5.74, 6) is 0.956. The van der Waals surface area contributed by atoms with E-state index in [1.165, 1.54) is 14.2 Å². The topological polar surface area (TPSA) is 121 Å². The summed E-state index contributed by atoms with van der Waals surface area (Å²) < 4.78 is 22.0. The molecule has 4 rings (SSSR count). The molecular formula is C30H25N3O6. The second-order valence-electron chi connectivity index (χ2n) is 8.35. The Kier molecular flexibility index (Phi) is 8.49. The van der Waals surface area contributed by atoms with Gasteiger partial charge in [-0.2, -0.15) is 15.2 Å². The number of nitrogens with zero attached hydrogens (tertiary/aromatic N) is 3. The molecule has 2 aromatic carbocycles. The molecule has 0 radical (unpaired) electrons. The SMILES string of the molecule is COc1nc(OCc2cccc(-c3cccc(COc4ccc(C=O)c(OC)n4)c3C#N)c2C)ccc1C=O. The van der Waals surface area contributed by atoms with Gasteiger partial charge < -0.3 is 18.9 Å². The summed E-state index contributed by atoms with van der Waals surface area (Å²) in [6.07, 6.45) is 1.33. The number of pyridine rings is 2. The molecular weight excluding hydrogens is 498 g/mol. The van der Waals surface area contributed by atoms with Crippen molar-refractivity contribution < 1.29 is 28.5 Å². The molecule has 9 nitrogen and oxygen atoms in total. The van der Waals surface area contributed by atoms with Crippen molar-refractivity contribution >= 4 is 12.6 Å². The molecule has 0 fully saturated rings. The Balaban J connectivity index is 1.57. The predicted octanol–water partition coefficient (Wildman–Crippen LogP) is 5.12. The minimum absolute atomic E-state index is 0.0967. The number of aromatic nitrogens is 2. The number of rotatable bonds is 11. The number of carbonyl (C=O) groups is 2. The maximum atomic E-state index is 11.1. The molecule has 0 atom stereocenters. The lowest BCUT2D eigenvalue weighted by molar-refractivity contribution is 0.111. The van der Waals surface area contributed by atoms with Gasteiger partial charge in [-0.1, -0.05) is 36.4 Å². The largest absolute Gasteiger partial charge is 0.480 e. The second-order valence-corrected chi connectivity index (χ2v) is 8.35. The molecule has 2 aromatic heterocycles. The van der Waals surface area contributed by atoms with Crippen LogP contribution in [0.3, 0.4) is 0 Å². The fraction of sp³-hybridized carbons (Fsp3) is 0.167. The van der Waals surface area contributed by atoms with E-state index in [1.54, 1.807) is 24.3 Å².